The summed E-state index contributed by atoms with van der Waals surface area (Å²) in [5.41, 5.74) is 14.7. The SMILES string of the molecule is Cc1nc2ccc(CN(C)CC(N)CN)cc2[nH]1. The second-order valence-corrected chi connectivity index (χ2v) is 4.87. The lowest BCUT2D eigenvalue weighted by Gasteiger charge is -2.20. The molecule has 0 fully saturated rings. The van der Waals surface area contributed by atoms with Gasteiger partial charge in [-0.25, -0.2) is 4.98 Å². The molecule has 18 heavy (non-hydrogen) atoms. The van der Waals surface area contributed by atoms with E-state index in [0.717, 1.165) is 29.9 Å². The predicted molar refractivity (Wildman–Crippen MR) is 74.2 cm³/mol. The summed E-state index contributed by atoms with van der Waals surface area (Å²) in [7, 11) is 2.05. The molecule has 0 aliphatic heterocycles. The number of likely N-dealkylation sites (N-methyl/N-ethyl adjacent to an activating group) is 1. The summed E-state index contributed by atoms with van der Waals surface area (Å²) in [6, 6.07) is 6.32. The van der Waals surface area contributed by atoms with Gasteiger partial charge in [-0.3, -0.25) is 0 Å². The van der Waals surface area contributed by atoms with Crippen molar-refractivity contribution in [2.24, 2.45) is 11.5 Å². The Hall–Kier alpha value is -1.43. The fraction of sp³-hybridized carbons (Fsp3) is 0.462. The highest BCUT2D eigenvalue weighted by molar-refractivity contribution is 5.75. The standard InChI is InChI=1S/C13H21N5/c1-9-16-12-4-3-10(5-13(12)17-9)7-18(2)8-11(15)6-14/h3-5,11H,6-8,14-15H2,1-2H3,(H,16,17). The van der Waals surface area contributed by atoms with Crippen LogP contribution in [0.4, 0.5) is 0 Å². The first kappa shape index (κ1) is 13.0. The summed E-state index contributed by atoms with van der Waals surface area (Å²) in [6.45, 7) is 4.15. The maximum Gasteiger partial charge on any atom is 0.104 e. The first-order chi connectivity index (χ1) is 8.58. The summed E-state index contributed by atoms with van der Waals surface area (Å²) < 4.78 is 0. The zero-order valence-corrected chi connectivity index (χ0v) is 11.0. The Morgan fingerprint density at radius 1 is 1.44 bits per heavy atom. The first-order valence-electron chi connectivity index (χ1n) is 6.18. The van der Waals surface area contributed by atoms with Crippen LogP contribution in [0.15, 0.2) is 18.2 Å². The molecule has 5 nitrogen and oxygen atoms in total. The number of hydrogen-bond acceptors (Lipinski definition) is 4. The lowest BCUT2D eigenvalue weighted by Crippen LogP contribution is -2.40. The molecule has 5 N–H and O–H groups in total. The third kappa shape index (κ3) is 3.07. The first-order valence-corrected chi connectivity index (χ1v) is 6.18. The highest BCUT2D eigenvalue weighted by Gasteiger charge is 2.07. The van der Waals surface area contributed by atoms with Crippen molar-refractivity contribution < 1.29 is 0 Å². The number of hydrogen-bond donors (Lipinski definition) is 3. The van der Waals surface area contributed by atoms with Gasteiger partial charge in [-0.15, -0.1) is 0 Å². The Kier molecular flexibility index (Phi) is 3.96. The number of benzene rings is 1. The van der Waals surface area contributed by atoms with Crippen molar-refractivity contribution in [3.63, 3.8) is 0 Å². The van der Waals surface area contributed by atoms with Crippen molar-refractivity contribution in [2.75, 3.05) is 20.1 Å². The van der Waals surface area contributed by atoms with Crippen molar-refractivity contribution in [3.8, 4) is 0 Å². The predicted octanol–water partition coefficient (Wildman–Crippen LogP) is 0.589. The van der Waals surface area contributed by atoms with E-state index in [4.69, 9.17) is 11.5 Å². The second-order valence-electron chi connectivity index (χ2n) is 4.87. The van der Waals surface area contributed by atoms with Crippen LogP contribution in [0.1, 0.15) is 11.4 Å². The number of imidazole rings is 1. The summed E-state index contributed by atoms with van der Waals surface area (Å²) in [4.78, 5) is 9.82. The molecule has 1 heterocycles. The summed E-state index contributed by atoms with van der Waals surface area (Å²) in [5, 5.41) is 0. The van der Waals surface area contributed by atoms with Crippen LogP contribution in [0.3, 0.4) is 0 Å². The van der Waals surface area contributed by atoms with Crippen LogP contribution in [0.25, 0.3) is 11.0 Å². The van der Waals surface area contributed by atoms with E-state index in [9.17, 15) is 0 Å². The summed E-state index contributed by atoms with van der Waals surface area (Å²) in [6.07, 6.45) is 0. The molecule has 1 unspecified atom stereocenters. The van der Waals surface area contributed by atoms with Gasteiger partial charge in [-0.1, -0.05) is 6.07 Å². The Balaban J connectivity index is 2.07. The van der Waals surface area contributed by atoms with Crippen LogP contribution < -0.4 is 11.5 Å². The molecule has 1 aromatic carbocycles. The third-order valence-electron chi connectivity index (χ3n) is 2.97. The zero-order chi connectivity index (χ0) is 13.1. The van der Waals surface area contributed by atoms with E-state index in [1.54, 1.807) is 0 Å². The van der Waals surface area contributed by atoms with E-state index >= 15 is 0 Å². The smallest absolute Gasteiger partial charge is 0.104 e. The highest BCUT2D eigenvalue weighted by atomic mass is 15.1. The van der Waals surface area contributed by atoms with E-state index < -0.39 is 0 Å². The van der Waals surface area contributed by atoms with Crippen LogP contribution in [0.2, 0.25) is 0 Å². The minimum absolute atomic E-state index is 0.0353. The highest BCUT2D eigenvalue weighted by Crippen LogP contribution is 2.14. The lowest BCUT2D eigenvalue weighted by atomic mass is 10.2. The number of rotatable bonds is 5. The van der Waals surface area contributed by atoms with E-state index in [-0.39, 0.29) is 6.04 Å². The van der Waals surface area contributed by atoms with Gasteiger partial charge in [0, 0.05) is 25.7 Å². The molecule has 0 radical (unpaired) electrons. The number of H-pyrrole nitrogens is 1. The quantitative estimate of drug-likeness (QED) is 0.722. The zero-order valence-electron chi connectivity index (χ0n) is 11.0. The van der Waals surface area contributed by atoms with E-state index in [1.807, 2.05) is 13.0 Å². The fourth-order valence-corrected chi connectivity index (χ4v) is 2.13. The van der Waals surface area contributed by atoms with Crippen LogP contribution in [-0.4, -0.2) is 41.0 Å². The summed E-state index contributed by atoms with van der Waals surface area (Å²) in [5.74, 6) is 0.945. The average molecular weight is 247 g/mol. The Bertz CT molecular complexity index is 519. The van der Waals surface area contributed by atoms with Crippen LogP contribution in [0.5, 0.6) is 0 Å². The summed E-state index contributed by atoms with van der Waals surface area (Å²) >= 11 is 0. The molecule has 0 amide bonds. The van der Waals surface area contributed by atoms with Crippen molar-refractivity contribution in [2.45, 2.75) is 19.5 Å². The monoisotopic (exact) mass is 247 g/mol. The molecule has 98 valence electrons. The Morgan fingerprint density at radius 3 is 2.94 bits per heavy atom. The largest absolute Gasteiger partial charge is 0.342 e. The molecule has 5 heteroatoms. The van der Waals surface area contributed by atoms with Crippen molar-refractivity contribution in [1.82, 2.24) is 14.9 Å². The Labute approximate surface area is 107 Å². The number of nitrogens with two attached hydrogens (primary N) is 2. The van der Waals surface area contributed by atoms with Crippen LogP contribution in [0, 0.1) is 6.92 Å². The molecule has 0 saturated carbocycles. The molecule has 1 atom stereocenters. The normalized spacial score (nSPS) is 13.4. The molecule has 0 bridgehead atoms. The average Bonchev–Trinajstić information content (AvgIpc) is 2.68. The van der Waals surface area contributed by atoms with Gasteiger partial charge in [0.05, 0.1) is 11.0 Å². The van der Waals surface area contributed by atoms with Gasteiger partial charge in [0.25, 0.3) is 0 Å². The lowest BCUT2D eigenvalue weighted by molar-refractivity contribution is 0.305. The number of nitrogens with zero attached hydrogens (tertiary/aromatic N) is 2. The minimum atomic E-state index is 0.0353. The number of aryl methyl sites for hydroxylation is 1. The molecule has 1 aromatic heterocycles. The number of aromatic nitrogens is 2. The molecular formula is C13H21N5. The second kappa shape index (κ2) is 5.48. The van der Waals surface area contributed by atoms with Gasteiger partial charge < -0.3 is 21.4 Å². The van der Waals surface area contributed by atoms with E-state index in [0.29, 0.717) is 6.54 Å². The van der Waals surface area contributed by atoms with Crippen molar-refractivity contribution in [3.05, 3.63) is 29.6 Å². The molecular weight excluding hydrogens is 226 g/mol. The molecule has 0 spiro atoms. The van der Waals surface area contributed by atoms with Gasteiger partial charge in [0.1, 0.15) is 5.82 Å². The maximum absolute atomic E-state index is 5.84. The van der Waals surface area contributed by atoms with E-state index in [1.165, 1.54) is 5.56 Å². The van der Waals surface area contributed by atoms with E-state index in [2.05, 4.69) is 34.0 Å². The molecule has 0 aliphatic rings. The van der Waals surface area contributed by atoms with Crippen molar-refractivity contribution in [1.29, 1.82) is 0 Å². The van der Waals surface area contributed by atoms with Gasteiger partial charge in [-0.2, -0.15) is 0 Å². The van der Waals surface area contributed by atoms with Gasteiger partial charge in [0.15, 0.2) is 0 Å². The number of nitrogens with one attached hydrogen (secondary N) is 1. The van der Waals surface area contributed by atoms with Gasteiger partial charge >= 0.3 is 0 Å². The fourth-order valence-electron chi connectivity index (χ4n) is 2.13. The maximum atomic E-state index is 5.84. The topological polar surface area (TPSA) is 84.0 Å². The minimum Gasteiger partial charge on any atom is -0.342 e. The Morgan fingerprint density at radius 2 is 2.22 bits per heavy atom. The van der Waals surface area contributed by atoms with Crippen LogP contribution >= 0.6 is 0 Å². The van der Waals surface area contributed by atoms with Crippen LogP contribution in [-0.2, 0) is 6.54 Å². The molecule has 2 rings (SSSR count). The van der Waals surface area contributed by atoms with Gasteiger partial charge in [0.2, 0.25) is 0 Å². The molecule has 2 aromatic rings. The van der Waals surface area contributed by atoms with Gasteiger partial charge in [-0.05, 0) is 31.7 Å². The third-order valence-corrected chi connectivity index (χ3v) is 2.97. The number of aromatic amines is 1. The molecule has 0 saturated heterocycles. The molecule has 0 aliphatic carbocycles. The number of fused-ring (bicyclic) bond motifs is 1. The van der Waals surface area contributed by atoms with Crippen molar-refractivity contribution >= 4 is 11.0 Å².